The molecule has 0 radical (unpaired) electrons. The zero-order valence-corrected chi connectivity index (χ0v) is 10.0. The minimum Gasteiger partial charge on any atom is -0.389 e. The molecule has 2 nitrogen and oxygen atoms in total. The third kappa shape index (κ3) is 3.18. The lowest BCUT2D eigenvalue weighted by Gasteiger charge is -2.31. The molecule has 2 rings (SSSR count). The lowest BCUT2D eigenvalue weighted by molar-refractivity contribution is 0.00649. The summed E-state index contributed by atoms with van der Waals surface area (Å²) in [7, 11) is 0. The van der Waals surface area contributed by atoms with Crippen LogP contribution in [-0.2, 0) is 0 Å². The molecule has 0 saturated heterocycles. The van der Waals surface area contributed by atoms with Gasteiger partial charge in [0.15, 0.2) is 0 Å². The fourth-order valence-electron chi connectivity index (χ4n) is 2.76. The smallest absolute Gasteiger partial charge is 0.0774 e. The summed E-state index contributed by atoms with van der Waals surface area (Å²) in [5, 5.41) is 10.4. The van der Waals surface area contributed by atoms with Gasteiger partial charge in [0, 0.05) is 12.6 Å². The zero-order chi connectivity index (χ0) is 10.7. The molecule has 0 bridgehead atoms. The summed E-state index contributed by atoms with van der Waals surface area (Å²) in [5.41, 5.74) is -0.337. The summed E-state index contributed by atoms with van der Waals surface area (Å²) >= 11 is 0. The van der Waals surface area contributed by atoms with E-state index in [1.807, 2.05) is 0 Å². The van der Waals surface area contributed by atoms with Crippen molar-refractivity contribution in [1.82, 2.24) is 4.90 Å². The fraction of sp³-hybridized carbons (Fsp3) is 1.00. The molecular weight excluding hydrogens is 186 g/mol. The highest BCUT2D eigenvalue weighted by Gasteiger charge is 2.37. The summed E-state index contributed by atoms with van der Waals surface area (Å²) in [6.45, 7) is 4.39. The van der Waals surface area contributed by atoms with Crippen LogP contribution in [0.25, 0.3) is 0 Å². The highest BCUT2D eigenvalue weighted by atomic mass is 16.3. The van der Waals surface area contributed by atoms with Gasteiger partial charge in [0.25, 0.3) is 0 Å². The molecule has 1 N–H and O–H groups in total. The first-order chi connectivity index (χ1) is 7.23. The van der Waals surface area contributed by atoms with E-state index in [4.69, 9.17) is 0 Å². The molecule has 0 aromatic carbocycles. The van der Waals surface area contributed by atoms with E-state index in [0.29, 0.717) is 0 Å². The Labute approximate surface area is 93.7 Å². The van der Waals surface area contributed by atoms with Gasteiger partial charge in [-0.3, -0.25) is 4.90 Å². The van der Waals surface area contributed by atoms with E-state index in [-0.39, 0.29) is 5.60 Å². The maximum atomic E-state index is 10.4. The summed E-state index contributed by atoms with van der Waals surface area (Å²) < 4.78 is 0. The molecule has 0 aromatic heterocycles. The molecular formula is C13H25NO. The Morgan fingerprint density at radius 2 is 1.93 bits per heavy atom. The second kappa shape index (κ2) is 4.84. The van der Waals surface area contributed by atoms with Crippen LogP contribution < -0.4 is 0 Å². The van der Waals surface area contributed by atoms with Gasteiger partial charge in [0.05, 0.1) is 5.60 Å². The van der Waals surface area contributed by atoms with Crippen LogP contribution in [0.2, 0.25) is 0 Å². The van der Waals surface area contributed by atoms with Crippen molar-refractivity contribution in [2.75, 3.05) is 13.1 Å². The van der Waals surface area contributed by atoms with Gasteiger partial charge in [0.2, 0.25) is 0 Å². The Bertz CT molecular complexity index is 195. The first kappa shape index (κ1) is 11.4. The van der Waals surface area contributed by atoms with Crippen LogP contribution in [-0.4, -0.2) is 34.7 Å². The molecule has 15 heavy (non-hydrogen) atoms. The fourth-order valence-corrected chi connectivity index (χ4v) is 2.76. The van der Waals surface area contributed by atoms with E-state index in [2.05, 4.69) is 11.8 Å². The first-order valence-corrected chi connectivity index (χ1v) is 6.70. The Morgan fingerprint density at radius 3 is 2.47 bits per heavy atom. The largest absolute Gasteiger partial charge is 0.389 e. The number of hydrogen-bond donors (Lipinski definition) is 1. The van der Waals surface area contributed by atoms with Crippen LogP contribution in [0.5, 0.6) is 0 Å². The maximum absolute atomic E-state index is 10.4. The first-order valence-electron chi connectivity index (χ1n) is 6.70. The lowest BCUT2D eigenvalue weighted by atomic mass is 10.0. The minimum absolute atomic E-state index is 0.337. The van der Waals surface area contributed by atoms with E-state index in [1.165, 1.54) is 45.1 Å². The molecule has 2 fully saturated rings. The maximum Gasteiger partial charge on any atom is 0.0774 e. The molecule has 0 aliphatic heterocycles. The molecule has 2 saturated carbocycles. The Kier molecular flexibility index (Phi) is 3.68. The topological polar surface area (TPSA) is 23.5 Å². The zero-order valence-electron chi connectivity index (χ0n) is 10.0. The van der Waals surface area contributed by atoms with Crippen LogP contribution in [0.1, 0.15) is 58.3 Å². The van der Waals surface area contributed by atoms with Crippen molar-refractivity contribution in [3.63, 3.8) is 0 Å². The van der Waals surface area contributed by atoms with Gasteiger partial charge in [-0.2, -0.15) is 0 Å². The SMILES string of the molecule is CCCCN(CC1(O)CCCC1)C1CC1. The van der Waals surface area contributed by atoms with Gasteiger partial charge in [-0.15, -0.1) is 0 Å². The van der Waals surface area contributed by atoms with Crippen LogP contribution in [0.15, 0.2) is 0 Å². The second-order valence-corrected chi connectivity index (χ2v) is 5.49. The van der Waals surface area contributed by atoms with E-state index in [9.17, 15) is 5.11 Å². The van der Waals surface area contributed by atoms with Gasteiger partial charge in [-0.25, -0.2) is 0 Å². The molecule has 0 spiro atoms. The second-order valence-electron chi connectivity index (χ2n) is 5.49. The number of rotatable bonds is 6. The molecule has 0 aromatic rings. The van der Waals surface area contributed by atoms with Crippen molar-refractivity contribution in [1.29, 1.82) is 0 Å². The molecule has 2 aliphatic carbocycles. The number of hydrogen-bond acceptors (Lipinski definition) is 2. The number of unbranched alkanes of at least 4 members (excludes halogenated alkanes) is 1. The van der Waals surface area contributed by atoms with E-state index in [1.54, 1.807) is 0 Å². The lowest BCUT2D eigenvalue weighted by Crippen LogP contribution is -2.42. The van der Waals surface area contributed by atoms with Crippen LogP contribution in [0.3, 0.4) is 0 Å². The molecule has 0 amide bonds. The molecule has 0 unspecified atom stereocenters. The van der Waals surface area contributed by atoms with Crippen LogP contribution in [0.4, 0.5) is 0 Å². The average molecular weight is 211 g/mol. The number of nitrogens with zero attached hydrogens (tertiary/aromatic N) is 1. The quantitative estimate of drug-likeness (QED) is 0.730. The van der Waals surface area contributed by atoms with Gasteiger partial charge >= 0.3 is 0 Å². The molecule has 0 heterocycles. The van der Waals surface area contributed by atoms with Crippen LogP contribution >= 0.6 is 0 Å². The van der Waals surface area contributed by atoms with Crippen LogP contribution in [0, 0.1) is 0 Å². The monoisotopic (exact) mass is 211 g/mol. The van der Waals surface area contributed by atoms with Crippen molar-refractivity contribution in [3.05, 3.63) is 0 Å². The summed E-state index contributed by atoms with van der Waals surface area (Å²) in [5.74, 6) is 0. The summed E-state index contributed by atoms with van der Waals surface area (Å²) in [4.78, 5) is 2.55. The van der Waals surface area contributed by atoms with Gasteiger partial charge < -0.3 is 5.11 Å². The van der Waals surface area contributed by atoms with Gasteiger partial charge in [0.1, 0.15) is 0 Å². The Morgan fingerprint density at radius 1 is 1.27 bits per heavy atom. The molecule has 2 aliphatic rings. The highest BCUT2D eigenvalue weighted by Crippen LogP contribution is 2.34. The van der Waals surface area contributed by atoms with Crippen molar-refractivity contribution in [2.24, 2.45) is 0 Å². The van der Waals surface area contributed by atoms with Gasteiger partial charge in [-0.05, 0) is 38.6 Å². The van der Waals surface area contributed by atoms with Crippen molar-refractivity contribution < 1.29 is 5.11 Å². The standard InChI is InChI=1S/C13H25NO/c1-2-3-10-14(12-6-7-12)11-13(15)8-4-5-9-13/h12,15H,2-11H2,1H3. The molecule has 88 valence electrons. The Hall–Kier alpha value is -0.0800. The predicted molar refractivity (Wildman–Crippen MR) is 62.9 cm³/mol. The Balaban J connectivity index is 1.82. The summed E-state index contributed by atoms with van der Waals surface area (Å²) in [6.07, 6.45) is 9.78. The third-order valence-corrected chi connectivity index (χ3v) is 3.89. The van der Waals surface area contributed by atoms with Crippen molar-refractivity contribution in [3.8, 4) is 0 Å². The molecule has 2 heteroatoms. The van der Waals surface area contributed by atoms with Crippen molar-refractivity contribution in [2.45, 2.75) is 69.9 Å². The van der Waals surface area contributed by atoms with E-state index in [0.717, 1.165) is 25.4 Å². The van der Waals surface area contributed by atoms with E-state index < -0.39 is 0 Å². The summed E-state index contributed by atoms with van der Waals surface area (Å²) in [6, 6.07) is 0.807. The van der Waals surface area contributed by atoms with Gasteiger partial charge in [-0.1, -0.05) is 26.2 Å². The molecule has 0 atom stereocenters. The minimum atomic E-state index is -0.337. The van der Waals surface area contributed by atoms with E-state index >= 15 is 0 Å². The highest BCUT2D eigenvalue weighted by molar-refractivity contribution is 4.92. The predicted octanol–water partition coefficient (Wildman–Crippen LogP) is 2.56. The third-order valence-electron chi connectivity index (χ3n) is 3.89. The number of aliphatic hydroxyl groups is 1. The average Bonchev–Trinajstić information content (AvgIpc) is 2.98. The normalized spacial score (nSPS) is 25.0. The van der Waals surface area contributed by atoms with Crippen molar-refractivity contribution >= 4 is 0 Å².